The molecule has 0 aliphatic rings. The molecule has 15 heavy (non-hydrogen) atoms. The summed E-state index contributed by atoms with van der Waals surface area (Å²) in [7, 11) is -0.367. The highest BCUT2D eigenvalue weighted by atomic mass is 32.2. The summed E-state index contributed by atoms with van der Waals surface area (Å²) in [5.41, 5.74) is 2.20. The van der Waals surface area contributed by atoms with E-state index >= 15 is 0 Å². The third-order valence-corrected chi connectivity index (χ3v) is 4.72. The molecule has 4 nitrogen and oxygen atoms in total. The molecule has 1 aromatic carbocycles. The average molecular weight is 242 g/mol. The van der Waals surface area contributed by atoms with E-state index in [0.29, 0.717) is 5.52 Å². The zero-order valence-electron chi connectivity index (χ0n) is 8.34. The lowest BCUT2D eigenvalue weighted by molar-refractivity contribution is 0.521. The minimum Gasteiger partial charge on any atom is -0.243 e. The van der Waals surface area contributed by atoms with Gasteiger partial charge in [-0.05, 0) is 12.1 Å². The van der Waals surface area contributed by atoms with E-state index in [1.165, 1.54) is 29.7 Å². The molecule has 80 valence electrons. The molecule has 0 saturated heterocycles. The van der Waals surface area contributed by atoms with Gasteiger partial charge in [-0.1, -0.05) is 6.07 Å². The number of hydrogen-bond donors (Lipinski definition) is 0. The smallest absolute Gasteiger partial charge is 0.243 e. The molecular formula is C9H10N2O2S2. The average Bonchev–Trinajstić information content (AvgIpc) is 2.64. The molecule has 0 bridgehead atoms. The predicted molar refractivity (Wildman–Crippen MR) is 60.5 cm³/mol. The van der Waals surface area contributed by atoms with Crippen LogP contribution in [-0.4, -0.2) is 31.8 Å². The minimum absolute atomic E-state index is 0.270. The molecule has 1 heterocycles. The van der Waals surface area contributed by atoms with E-state index in [1.54, 1.807) is 17.6 Å². The highest BCUT2D eigenvalue weighted by molar-refractivity contribution is 7.89. The highest BCUT2D eigenvalue weighted by Crippen LogP contribution is 2.25. The van der Waals surface area contributed by atoms with Gasteiger partial charge in [0, 0.05) is 14.1 Å². The van der Waals surface area contributed by atoms with Crippen molar-refractivity contribution in [2.24, 2.45) is 0 Å². The van der Waals surface area contributed by atoms with Gasteiger partial charge in [-0.3, -0.25) is 0 Å². The van der Waals surface area contributed by atoms with Crippen molar-refractivity contribution in [2.75, 3.05) is 14.1 Å². The minimum atomic E-state index is -3.40. The van der Waals surface area contributed by atoms with E-state index in [0.717, 1.165) is 4.70 Å². The summed E-state index contributed by atoms with van der Waals surface area (Å²) >= 11 is 1.44. The number of nitrogens with zero attached hydrogens (tertiary/aromatic N) is 2. The molecular weight excluding hydrogens is 232 g/mol. The fourth-order valence-electron chi connectivity index (χ4n) is 1.27. The van der Waals surface area contributed by atoms with Crippen molar-refractivity contribution < 1.29 is 8.42 Å². The van der Waals surface area contributed by atoms with Crippen LogP contribution >= 0.6 is 11.3 Å². The van der Waals surface area contributed by atoms with Gasteiger partial charge in [0.25, 0.3) is 0 Å². The van der Waals surface area contributed by atoms with Gasteiger partial charge in [-0.15, -0.1) is 11.3 Å². The standard InChI is InChI=1S/C9H10N2O2S2/c1-11(2)15(12,13)8-5-3-4-7-9(8)10-6-14-7/h3-6H,1-2H3. The topological polar surface area (TPSA) is 50.3 Å². The zero-order chi connectivity index (χ0) is 11.1. The van der Waals surface area contributed by atoms with Crippen LogP contribution in [-0.2, 0) is 10.0 Å². The van der Waals surface area contributed by atoms with Crippen molar-refractivity contribution in [3.05, 3.63) is 23.7 Å². The van der Waals surface area contributed by atoms with E-state index in [9.17, 15) is 8.42 Å². The molecule has 0 aliphatic heterocycles. The number of para-hydroxylation sites is 1. The van der Waals surface area contributed by atoms with Gasteiger partial charge in [0.1, 0.15) is 10.4 Å². The maximum Gasteiger partial charge on any atom is 0.244 e. The monoisotopic (exact) mass is 242 g/mol. The largest absolute Gasteiger partial charge is 0.244 e. The second-order valence-corrected chi connectivity index (χ2v) is 6.25. The Labute approximate surface area is 92.2 Å². The van der Waals surface area contributed by atoms with Gasteiger partial charge in [0.15, 0.2) is 0 Å². The van der Waals surface area contributed by atoms with E-state index in [1.807, 2.05) is 6.07 Å². The number of rotatable bonds is 2. The van der Waals surface area contributed by atoms with Crippen LogP contribution in [0.5, 0.6) is 0 Å². The second kappa shape index (κ2) is 3.55. The van der Waals surface area contributed by atoms with Gasteiger partial charge in [0.05, 0.1) is 10.2 Å². The highest BCUT2D eigenvalue weighted by Gasteiger charge is 2.20. The molecule has 2 aromatic rings. The number of aromatic nitrogens is 1. The van der Waals surface area contributed by atoms with Crippen LogP contribution in [0.25, 0.3) is 10.2 Å². The van der Waals surface area contributed by atoms with Gasteiger partial charge < -0.3 is 0 Å². The first kappa shape index (κ1) is 10.5. The Kier molecular flexibility index (Phi) is 2.49. The van der Waals surface area contributed by atoms with Crippen LogP contribution in [0, 0.1) is 0 Å². The van der Waals surface area contributed by atoms with E-state index in [-0.39, 0.29) is 4.90 Å². The molecule has 0 fully saturated rings. The molecule has 0 amide bonds. The molecule has 0 N–H and O–H groups in total. The van der Waals surface area contributed by atoms with Crippen LogP contribution in [0.1, 0.15) is 0 Å². The fourth-order valence-corrected chi connectivity index (χ4v) is 3.08. The third-order valence-electron chi connectivity index (χ3n) is 2.08. The Morgan fingerprint density at radius 3 is 2.73 bits per heavy atom. The van der Waals surface area contributed by atoms with Crippen LogP contribution in [0.15, 0.2) is 28.6 Å². The Balaban J connectivity index is 2.77. The molecule has 0 unspecified atom stereocenters. The first-order valence-corrected chi connectivity index (χ1v) is 6.60. The van der Waals surface area contributed by atoms with Crippen LogP contribution < -0.4 is 0 Å². The van der Waals surface area contributed by atoms with Gasteiger partial charge >= 0.3 is 0 Å². The summed E-state index contributed by atoms with van der Waals surface area (Å²) in [5.74, 6) is 0. The van der Waals surface area contributed by atoms with Crippen molar-refractivity contribution in [3.8, 4) is 0 Å². The van der Waals surface area contributed by atoms with Gasteiger partial charge in [-0.2, -0.15) is 0 Å². The number of fused-ring (bicyclic) bond motifs is 1. The van der Waals surface area contributed by atoms with Gasteiger partial charge in [0.2, 0.25) is 10.0 Å². The first-order valence-electron chi connectivity index (χ1n) is 4.28. The molecule has 0 saturated carbocycles. The van der Waals surface area contributed by atoms with Crippen LogP contribution in [0.3, 0.4) is 0 Å². The molecule has 0 atom stereocenters. The van der Waals surface area contributed by atoms with Crippen molar-refractivity contribution in [2.45, 2.75) is 4.90 Å². The Bertz CT molecular complexity index is 587. The summed E-state index contributed by atoms with van der Waals surface area (Å²) in [5, 5.41) is 0. The molecule has 6 heteroatoms. The summed E-state index contributed by atoms with van der Waals surface area (Å²) < 4.78 is 26.0. The summed E-state index contributed by atoms with van der Waals surface area (Å²) in [6, 6.07) is 5.18. The zero-order valence-corrected chi connectivity index (χ0v) is 9.97. The Hall–Kier alpha value is -0.980. The number of hydrogen-bond acceptors (Lipinski definition) is 4. The van der Waals surface area contributed by atoms with Crippen LogP contribution in [0.2, 0.25) is 0 Å². The lowest BCUT2D eigenvalue weighted by Gasteiger charge is -2.11. The van der Waals surface area contributed by atoms with Crippen molar-refractivity contribution in [3.63, 3.8) is 0 Å². The second-order valence-electron chi connectivity index (χ2n) is 3.24. The summed E-state index contributed by atoms with van der Waals surface area (Å²) in [6.07, 6.45) is 0. The van der Waals surface area contributed by atoms with Gasteiger partial charge in [-0.25, -0.2) is 17.7 Å². The maximum absolute atomic E-state index is 11.9. The summed E-state index contributed by atoms with van der Waals surface area (Å²) in [4.78, 5) is 4.35. The molecule has 0 radical (unpaired) electrons. The van der Waals surface area contributed by atoms with E-state index < -0.39 is 10.0 Å². The molecule has 2 rings (SSSR count). The lowest BCUT2D eigenvalue weighted by Crippen LogP contribution is -2.22. The van der Waals surface area contributed by atoms with Crippen LogP contribution in [0.4, 0.5) is 0 Å². The SMILES string of the molecule is CN(C)S(=O)(=O)c1cccc2scnc12. The lowest BCUT2D eigenvalue weighted by atomic mass is 10.3. The Morgan fingerprint density at radius 2 is 2.07 bits per heavy atom. The summed E-state index contributed by atoms with van der Waals surface area (Å²) in [6.45, 7) is 0. The molecule has 0 aliphatic carbocycles. The fraction of sp³-hybridized carbons (Fsp3) is 0.222. The molecule has 1 aromatic heterocycles. The van der Waals surface area contributed by atoms with Crippen molar-refractivity contribution >= 4 is 31.6 Å². The normalized spacial score (nSPS) is 12.5. The quantitative estimate of drug-likeness (QED) is 0.802. The third kappa shape index (κ3) is 1.64. The number of thiazole rings is 1. The van der Waals surface area contributed by atoms with Crippen molar-refractivity contribution in [1.82, 2.24) is 9.29 Å². The van der Waals surface area contributed by atoms with Crippen molar-refractivity contribution in [1.29, 1.82) is 0 Å². The maximum atomic E-state index is 11.9. The first-order chi connectivity index (χ1) is 7.03. The van der Waals surface area contributed by atoms with E-state index in [4.69, 9.17) is 0 Å². The number of sulfonamides is 1. The number of benzene rings is 1. The predicted octanol–water partition coefficient (Wildman–Crippen LogP) is 1.55. The Morgan fingerprint density at radius 1 is 1.33 bits per heavy atom. The van der Waals surface area contributed by atoms with E-state index in [2.05, 4.69) is 4.98 Å². The molecule has 0 spiro atoms.